The van der Waals surface area contributed by atoms with Crippen LogP contribution in [0.1, 0.15) is 17.5 Å². The molecule has 0 bridgehead atoms. The number of Topliss-reactive ketones (excluding diaryl/α,β-unsaturated/α-hetero) is 1. The minimum atomic E-state index is -0.0971. The first-order valence-electron chi connectivity index (χ1n) is 7.29. The summed E-state index contributed by atoms with van der Waals surface area (Å²) in [5.41, 5.74) is 1.55. The van der Waals surface area contributed by atoms with Crippen molar-refractivity contribution in [2.24, 2.45) is 0 Å². The zero-order valence-electron chi connectivity index (χ0n) is 13.2. The largest absolute Gasteiger partial charge is 0.493 e. The molecule has 0 saturated carbocycles. The standard InChI is InChI=1S/C11H9BrO3.C8H6O/c1-6(13)10-5-7-8(12)3-4-9(14-2)11(7)15-10;1-2-4-8-7(3-1)5-6-9-8/h3-5H,1-2H3;1-6H. The van der Waals surface area contributed by atoms with Crippen LogP contribution in [-0.2, 0) is 0 Å². The van der Waals surface area contributed by atoms with Gasteiger partial charge in [-0.1, -0.05) is 34.1 Å². The lowest BCUT2D eigenvalue weighted by Gasteiger charge is -2.00. The Hall–Kier alpha value is -2.53. The molecule has 0 fully saturated rings. The Morgan fingerprint density at radius 2 is 1.92 bits per heavy atom. The molecule has 4 rings (SSSR count). The van der Waals surface area contributed by atoms with E-state index in [0.717, 1.165) is 20.8 Å². The van der Waals surface area contributed by atoms with Crippen molar-refractivity contribution in [3.63, 3.8) is 0 Å². The highest BCUT2D eigenvalue weighted by atomic mass is 79.9. The molecule has 0 atom stereocenters. The lowest BCUT2D eigenvalue weighted by molar-refractivity contribution is 0.0989. The van der Waals surface area contributed by atoms with E-state index in [1.807, 2.05) is 36.4 Å². The first kappa shape index (κ1) is 16.3. The van der Waals surface area contributed by atoms with Crippen LogP contribution >= 0.6 is 15.9 Å². The third-order valence-electron chi connectivity index (χ3n) is 3.52. The van der Waals surface area contributed by atoms with Crippen molar-refractivity contribution in [2.45, 2.75) is 6.92 Å². The molecule has 2 heterocycles. The zero-order valence-corrected chi connectivity index (χ0v) is 14.8. The van der Waals surface area contributed by atoms with Gasteiger partial charge in [-0.3, -0.25) is 4.79 Å². The summed E-state index contributed by atoms with van der Waals surface area (Å²) in [7, 11) is 1.57. The smallest absolute Gasteiger partial charge is 0.194 e. The van der Waals surface area contributed by atoms with E-state index >= 15 is 0 Å². The van der Waals surface area contributed by atoms with Crippen LogP contribution in [0.25, 0.3) is 21.9 Å². The fraction of sp³-hybridized carbons (Fsp3) is 0.105. The van der Waals surface area contributed by atoms with Gasteiger partial charge in [-0.15, -0.1) is 0 Å². The van der Waals surface area contributed by atoms with Crippen molar-refractivity contribution in [3.8, 4) is 5.75 Å². The lowest BCUT2D eigenvalue weighted by atomic mass is 10.2. The highest BCUT2D eigenvalue weighted by Crippen LogP contribution is 2.34. The molecule has 24 heavy (non-hydrogen) atoms. The maximum Gasteiger partial charge on any atom is 0.194 e. The Bertz CT molecular complexity index is 967. The number of benzene rings is 2. The molecule has 0 amide bonds. The average molecular weight is 387 g/mol. The number of carbonyl (C=O) groups is 1. The van der Waals surface area contributed by atoms with Gasteiger partial charge in [0.05, 0.1) is 13.4 Å². The Morgan fingerprint density at radius 1 is 1.12 bits per heavy atom. The Morgan fingerprint density at radius 3 is 2.62 bits per heavy atom. The molecule has 0 N–H and O–H groups in total. The van der Waals surface area contributed by atoms with E-state index < -0.39 is 0 Å². The summed E-state index contributed by atoms with van der Waals surface area (Å²) in [6.45, 7) is 1.47. The number of fused-ring (bicyclic) bond motifs is 2. The molecular formula is C19H15BrO4. The van der Waals surface area contributed by atoms with Gasteiger partial charge in [0.1, 0.15) is 5.58 Å². The summed E-state index contributed by atoms with van der Waals surface area (Å²) in [4.78, 5) is 11.2. The van der Waals surface area contributed by atoms with Gasteiger partial charge in [0.15, 0.2) is 22.9 Å². The van der Waals surface area contributed by atoms with E-state index in [9.17, 15) is 4.79 Å². The van der Waals surface area contributed by atoms with Gasteiger partial charge in [0.25, 0.3) is 0 Å². The number of hydrogen-bond acceptors (Lipinski definition) is 4. The summed E-state index contributed by atoms with van der Waals surface area (Å²) < 4.78 is 16.6. The first-order chi connectivity index (χ1) is 11.6. The van der Waals surface area contributed by atoms with E-state index in [2.05, 4.69) is 15.9 Å². The summed E-state index contributed by atoms with van der Waals surface area (Å²) >= 11 is 3.40. The van der Waals surface area contributed by atoms with Crippen molar-refractivity contribution < 1.29 is 18.4 Å². The molecule has 2 aromatic carbocycles. The molecule has 4 nitrogen and oxygen atoms in total. The van der Waals surface area contributed by atoms with E-state index in [-0.39, 0.29) is 5.78 Å². The first-order valence-corrected chi connectivity index (χ1v) is 8.08. The minimum absolute atomic E-state index is 0.0971. The zero-order chi connectivity index (χ0) is 17.1. The van der Waals surface area contributed by atoms with Gasteiger partial charge in [0, 0.05) is 22.2 Å². The number of methoxy groups -OCH3 is 1. The molecule has 0 radical (unpaired) electrons. The maximum atomic E-state index is 11.2. The monoisotopic (exact) mass is 386 g/mol. The van der Waals surface area contributed by atoms with Crippen LogP contribution < -0.4 is 4.74 Å². The predicted molar refractivity (Wildman–Crippen MR) is 96.7 cm³/mol. The number of ether oxygens (including phenoxy) is 1. The number of furan rings is 2. The molecule has 0 aliphatic carbocycles. The number of rotatable bonds is 2. The number of carbonyl (C=O) groups excluding carboxylic acids is 1. The summed E-state index contributed by atoms with van der Waals surface area (Å²) in [5.74, 6) is 0.871. The fourth-order valence-electron chi connectivity index (χ4n) is 2.31. The van der Waals surface area contributed by atoms with Crippen molar-refractivity contribution in [3.05, 3.63) is 65.0 Å². The van der Waals surface area contributed by atoms with E-state index in [1.54, 1.807) is 25.5 Å². The number of ketones is 1. The topological polar surface area (TPSA) is 52.6 Å². The number of hydrogen-bond donors (Lipinski definition) is 0. The maximum absolute atomic E-state index is 11.2. The Kier molecular flexibility index (Phi) is 4.71. The summed E-state index contributed by atoms with van der Waals surface area (Å²) in [6, 6.07) is 15.3. The van der Waals surface area contributed by atoms with E-state index in [0.29, 0.717) is 17.1 Å². The normalized spacial score (nSPS) is 10.5. The van der Waals surface area contributed by atoms with Crippen molar-refractivity contribution in [2.75, 3.05) is 7.11 Å². The second-order valence-electron chi connectivity index (χ2n) is 5.12. The summed E-state index contributed by atoms with van der Waals surface area (Å²) in [5, 5.41) is 2.01. The highest BCUT2D eigenvalue weighted by Gasteiger charge is 2.13. The molecule has 4 aromatic rings. The SMILES string of the molecule is COc1ccc(Br)c2cc(C(C)=O)oc12.c1ccc2occc2c1. The van der Waals surface area contributed by atoms with E-state index in [1.165, 1.54) is 6.92 Å². The molecule has 122 valence electrons. The Balaban J connectivity index is 0.000000159. The van der Waals surface area contributed by atoms with Crippen LogP contribution in [0.15, 0.2) is 68.1 Å². The van der Waals surface area contributed by atoms with Gasteiger partial charge in [0.2, 0.25) is 0 Å². The average Bonchev–Trinajstić information content (AvgIpc) is 3.23. The summed E-state index contributed by atoms with van der Waals surface area (Å²) in [6.07, 6.45) is 1.70. The second-order valence-corrected chi connectivity index (χ2v) is 5.97. The third kappa shape index (κ3) is 3.21. The molecule has 0 saturated heterocycles. The third-order valence-corrected chi connectivity index (χ3v) is 4.21. The van der Waals surface area contributed by atoms with Crippen LogP contribution in [0.3, 0.4) is 0 Å². The van der Waals surface area contributed by atoms with Gasteiger partial charge < -0.3 is 13.6 Å². The van der Waals surface area contributed by atoms with Crippen molar-refractivity contribution in [1.29, 1.82) is 0 Å². The van der Waals surface area contributed by atoms with Gasteiger partial charge >= 0.3 is 0 Å². The van der Waals surface area contributed by atoms with Crippen LogP contribution in [0.4, 0.5) is 0 Å². The number of para-hydroxylation sites is 1. The molecule has 2 aromatic heterocycles. The molecule has 5 heteroatoms. The van der Waals surface area contributed by atoms with Crippen molar-refractivity contribution in [1.82, 2.24) is 0 Å². The van der Waals surface area contributed by atoms with Gasteiger partial charge in [-0.05, 0) is 30.3 Å². The van der Waals surface area contributed by atoms with Crippen molar-refractivity contribution >= 4 is 43.7 Å². The fourth-order valence-corrected chi connectivity index (χ4v) is 2.73. The minimum Gasteiger partial charge on any atom is -0.493 e. The predicted octanol–water partition coefficient (Wildman–Crippen LogP) is 5.84. The lowest BCUT2D eigenvalue weighted by Crippen LogP contribution is -1.85. The number of halogens is 1. The van der Waals surface area contributed by atoms with Crippen LogP contribution in [0, 0.1) is 0 Å². The molecular weight excluding hydrogens is 372 g/mol. The van der Waals surface area contributed by atoms with Gasteiger partial charge in [-0.2, -0.15) is 0 Å². The highest BCUT2D eigenvalue weighted by molar-refractivity contribution is 9.10. The van der Waals surface area contributed by atoms with Crippen LogP contribution in [-0.4, -0.2) is 12.9 Å². The molecule has 0 aliphatic rings. The quantitative estimate of drug-likeness (QED) is 0.406. The second kappa shape index (κ2) is 6.93. The molecule has 0 spiro atoms. The van der Waals surface area contributed by atoms with Gasteiger partial charge in [-0.25, -0.2) is 0 Å². The van der Waals surface area contributed by atoms with Crippen LogP contribution in [0.2, 0.25) is 0 Å². The molecule has 0 aliphatic heterocycles. The van der Waals surface area contributed by atoms with E-state index in [4.69, 9.17) is 13.6 Å². The Labute approximate surface area is 147 Å². The molecule has 0 unspecified atom stereocenters. The van der Waals surface area contributed by atoms with Crippen LogP contribution in [0.5, 0.6) is 5.75 Å².